The Morgan fingerprint density at radius 2 is 1.29 bits per heavy atom. The van der Waals surface area contributed by atoms with E-state index in [1.54, 1.807) is 17.0 Å². The number of carbonyl (C=O) groups is 4. The summed E-state index contributed by atoms with van der Waals surface area (Å²) in [5.41, 5.74) is 1.92. The molecule has 0 radical (unpaired) electrons. The number of carbonyl (C=O) groups excluding carboxylic acids is 4. The molecule has 2 atom stereocenters. The van der Waals surface area contributed by atoms with Gasteiger partial charge in [0.05, 0.1) is 0 Å². The van der Waals surface area contributed by atoms with Gasteiger partial charge in [-0.15, -0.1) is 0 Å². The molecule has 4 aliphatic rings. The molecule has 2 aliphatic heterocycles. The average Bonchev–Trinajstić information content (AvgIpc) is 3.36. The SMILES string of the molecule is O=C1CCC(N2Cc3cc(C(=O)N[C@H](C4CCCCCCCCC4)C4CCCCCCCC4)ccc3C2=O)C(=O)N1. The van der Waals surface area contributed by atoms with Crippen LogP contribution in [0.2, 0.25) is 0 Å². The molecule has 7 nitrogen and oxygen atoms in total. The second kappa shape index (κ2) is 14.5. The van der Waals surface area contributed by atoms with Crippen LogP contribution in [-0.4, -0.2) is 40.6 Å². The summed E-state index contributed by atoms with van der Waals surface area (Å²) >= 11 is 0. The van der Waals surface area contributed by atoms with E-state index < -0.39 is 11.9 Å². The van der Waals surface area contributed by atoms with E-state index in [0.29, 0.717) is 29.4 Å². The van der Waals surface area contributed by atoms with Crippen LogP contribution in [-0.2, 0) is 16.1 Å². The predicted molar refractivity (Wildman–Crippen MR) is 159 cm³/mol. The van der Waals surface area contributed by atoms with Gasteiger partial charge in [0.2, 0.25) is 11.8 Å². The number of imide groups is 1. The van der Waals surface area contributed by atoms with E-state index in [-0.39, 0.29) is 36.7 Å². The van der Waals surface area contributed by atoms with E-state index in [0.717, 1.165) is 5.56 Å². The van der Waals surface area contributed by atoms with Gasteiger partial charge < -0.3 is 10.2 Å². The van der Waals surface area contributed by atoms with Crippen molar-refractivity contribution in [1.29, 1.82) is 0 Å². The van der Waals surface area contributed by atoms with Crippen molar-refractivity contribution in [2.24, 2.45) is 11.8 Å². The Kier molecular flexibility index (Phi) is 10.5. The van der Waals surface area contributed by atoms with E-state index in [4.69, 9.17) is 0 Å². The smallest absolute Gasteiger partial charge is 0.255 e. The van der Waals surface area contributed by atoms with Crippen LogP contribution in [0.5, 0.6) is 0 Å². The minimum Gasteiger partial charge on any atom is -0.349 e. The standard InChI is InChI=1S/C34H49N3O4/c38-30-21-20-29(33(40)35-30)37-23-27-22-26(18-19-28(27)34(37)41)32(39)36-31(25-16-12-8-4-5-9-13-17-25)24-14-10-6-2-1-3-7-11-15-24/h18-19,22,24-25,29,31H,1-17,20-21,23H2,(H,36,39)(H,35,38,40)/t29?,31-/m1/s1. The third kappa shape index (κ3) is 7.58. The molecule has 7 heteroatoms. The van der Waals surface area contributed by atoms with Gasteiger partial charge in [-0.1, -0.05) is 83.5 Å². The predicted octanol–water partition coefficient (Wildman–Crippen LogP) is 6.44. The number of benzene rings is 1. The summed E-state index contributed by atoms with van der Waals surface area (Å²) in [6.07, 6.45) is 22.2. The van der Waals surface area contributed by atoms with Crippen molar-refractivity contribution >= 4 is 23.6 Å². The lowest BCUT2D eigenvalue weighted by molar-refractivity contribution is -0.136. The molecule has 2 saturated carbocycles. The zero-order chi connectivity index (χ0) is 28.6. The topological polar surface area (TPSA) is 95.6 Å². The van der Waals surface area contributed by atoms with Gasteiger partial charge in [-0.3, -0.25) is 24.5 Å². The lowest BCUT2D eigenvalue weighted by atomic mass is 9.77. The Bertz CT molecular complexity index is 1080. The van der Waals surface area contributed by atoms with Crippen molar-refractivity contribution < 1.29 is 19.2 Å². The maximum atomic E-state index is 13.9. The number of nitrogens with one attached hydrogen (secondary N) is 2. The summed E-state index contributed by atoms with van der Waals surface area (Å²) in [6.45, 7) is 0.288. The third-order valence-electron chi connectivity index (χ3n) is 10.1. The van der Waals surface area contributed by atoms with Crippen LogP contribution in [0, 0.1) is 11.8 Å². The molecule has 3 fully saturated rings. The second-order valence-electron chi connectivity index (χ2n) is 13.0. The number of amides is 4. The quantitative estimate of drug-likeness (QED) is 0.403. The number of piperidine rings is 1. The number of hydrogen-bond acceptors (Lipinski definition) is 4. The molecule has 2 N–H and O–H groups in total. The van der Waals surface area contributed by atoms with Gasteiger partial charge in [0.15, 0.2) is 0 Å². The lowest BCUT2D eigenvalue weighted by Gasteiger charge is -2.35. The average molecular weight is 564 g/mol. The first kappa shape index (κ1) is 29.8. The first-order valence-corrected chi connectivity index (χ1v) is 16.6. The Morgan fingerprint density at radius 3 is 1.83 bits per heavy atom. The maximum absolute atomic E-state index is 13.9. The summed E-state index contributed by atoms with van der Waals surface area (Å²) in [6, 6.07) is 4.91. The van der Waals surface area contributed by atoms with Crippen LogP contribution in [0.4, 0.5) is 0 Å². The van der Waals surface area contributed by atoms with Gasteiger partial charge in [-0.05, 0) is 67.7 Å². The van der Waals surface area contributed by atoms with E-state index in [2.05, 4.69) is 10.6 Å². The van der Waals surface area contributed by atoms with Gasteiger partial charge in [0.25, 0.3) is 11.8 Å². The monoisotopic (exact) mass is 563 g/mol. The van der Waals surface area contributed by atoms with Crippen LogP contribution in [0.1, 0.15) is 148 Å². The van der Waals surface area contributed by atoms with E-state index >= 15 is 0 Å². The first-order chi connectivity index (χ1) is 20.0. The fraction of sp³-hybridized carbons (Fsp3) is 0.706. The fourth-order valence-corrected chi connectivity index (χ4v) is 7.79. The second-order valence-corrected chi connectivity index (χ2v) is 13.0. The van der Waals surface area contributed by atoms with E-state index in [1.165, 1.54) is 109 Å². The van der Waals surface area contributed by atoms with Gasteiger partial charge in [0.1, 0.15) is 6.04 Å². The molecule has 1 aromatic rings. The van der Waals surface area contributed by atoms with E-state index in [1.807, 2.05) is 6.07 Å². The molecule has 2 aliphatic carbocycles. The lowest BCUT2D eigenvalue weighted by Crippen LogP contribution is -2.52. The maximum Gasteiger partial charge on any atom is 0.255 e. The highest BCUT2D eigenvalue weighted by Crippen LogP contribution is 2.34. The van der Waals surface area contributed by atoms with Crippen molar-refractivity contribution in [2.45, 2.75) is 141 Å². The minimum absolute atomic E-state index is 0.0401. The van der Waals surface area contributed by atoms with Crippen molar-refractivity contribution in [3.8, 4) is 0 Å². The molecular formula is C34H49N3O4. The molecule has 41 heavy (non-hydrogen) atoms. The van der Waals surface area contributed by atoms with Gasteiger partial charge in [-0.25, -0.2) is 0 Å². The van der Waals surface area contributed by atoms with Crippen LogP contribution in [0.3, 0.4) is 0 Å². The fourth-order valence-electron chi connectivity index (χ4n) is 7.79. The van der Waals surface area contributed by atoms with Crippen LogP contribution in [0.15, 0.2) is 18.2 Å². The highest BCUT2D eigenvalue weighted by molar-refractivity contribution is 6.06. The normalized spacial score (nSPS) is 24.9. The van der Waals surface area contributed by atoms with Crippen LogP contribution < -0.4 is 10.6 Å². The van der Waals surface area contributed by atoms with Crippen molar-refractivity contribution in [2.75, 3.05) is 0 Å². The number of rotatable bonds is 5. The van der Waals surface area contributed by atoms with Crippen molar-refractivity contribution in [3.05, 3.63) is 34.9 Å². The highest BCUT2D eigenvalue weighted by Gasteiger charge is 2.39. The molecule has 1 saturated heterocycles. The third-order valence-corrected chi connectivity index (χ3v) is 10.1. The summed E-state index contributed by atoms with van der Waals surface area (Å²) < 4.78 is 0. The zero-order valence-electron chi connectivity index (χ0n) is 24.8. The molecule has 1 aromatic carbocycles. The van der Waals surface area contributed by atoms with E-state index in [9.17, 15) is 19.2 Å². The largest absolute Gasteiger partial charge is 0.349 e. The summed E-state index contributed by atoms with van der Waals surface area (Å²) in [7, 11) is 0. The number of fused-ring (bicyclic) bond motifs is 1. The number of hydrogen-bond donors (Lipinski definition) is 2. The molecule has 0 spiro atoms. The van der Waals surface area contributed by atoms with Gasteiger partial charge in [0, 0.05) is 30.1 Å². The molecule has 224 valence electrons. The molecule has 4 amide bonds. The Labute approximate surface area is 245 Å². The minimum atomic E-state index is -0.648. The van der Waals surface area contributed by atoms with Gasteiger partial charge >= 0.3 is 0 Å². The Balaban J connectivity index is 1.33. The summed E-state index contributed by atoms with van der Waals surface area (Å²) in [5.74, 6) is 0.0853. The first-order valence-electron chi connectivity index (χ1n) is 16.6. The Morgan fingerprint density at radius 1 is 0.756 bits per heavy atom. The summed E-state index contributed by atoms with van der Waals surface area (Å²) in [5, 5.41) is 5.93. The van der Waals surface area contributed by atoms with Gasteiger partial charge in [-0.2, -0.15) is 0 Å². The Hall–Kier alpha value is -2.70. The molecule has 2 heterocycles. The molecule has 0 aromatic heterocycles. The van der Waals surface area contributed by atoms with Crippen molar-refractivity contribution in [3.63, 3.8) is 0 Å². The molecule has 5 rings (SSSR count). The highest BCUT2D eigenvalue weighted by atomic mass is 16.2. The van der Waals surface area contributed by atoms with Crippen LogP contribution in [0.25, 0.3) is 0 Å². The molecule has 0 bridgehead atoms. The number of nitrogens with zero attached hydrogens (tertiary/aromatic N) is 1. The zero-order valence-corrected chi connectivity index (χ0v) is 24.8. The molecular weight excluding hydrogens is 514 g/mol. The summed E-state index contributed by atoms with van der Waals surface area (Å²) in [4.78, 5) is 52.6. The van der Waals surface area contributed by atoms with Crippen LogP contribution >= 0.6 is 0 Å². The van der Waals surface area contributed by atoms with Crippen molar-refractivity contribution in [1.82, 2.24) is 15.5 Å². The molecule has 1 unspecified atom stereocenters.